The van der Waals surface area contributed by atoms with Gasteiger partial charge in [-0.15, -0.1) is 0 Å². The summed E-state index contributed by atoms with van der Waals surface area (Å²) in [5.41, 5.74) is 4.88. The van der Waals surface area contributed by atoms with Crippen molar-refractivity contribution in [2.75, 3.05) is 6.61 Å². The Bertz CT molecular complexity index is 1030. The van der Waals surface area contributed by atoms with Crippen molar-refractivity contribution in [1.82, 2.24) is 0 Å². The average molecular weight is 501 g/mol. The van der Waals surface area contributed by atoms with E-state index in [1.807, 2.05) is 0 Å². The molecule has 37 heavy (non-hydrogen) atoms. The quantitative estimate of drug-likeness (QED) is 0.253. The summed E-state index contributed by atoms with van der Waals surface area (Å²) in [5, 5.41) is 0. The van der Waals surface area contributed by atoms with Gasteiger partial charge in [-0.25, -0.2) is 0 Å². The third-order valence-electron chi connectivity index (χ3n) is 11.1. The first-order valence-corrected chi connectivity index (χ1v) is 14.9. The lowest BCUT2D eigenvalue weighted by molar-refractivity contribution is -0.159. The first kappa shape index (κ1) is 26.7. The standard InChI is InChI=1S/C35H48O2/c1-5-29-17-19-32-31-18-16-30(21-23-36-24-27-12-8-6-9-13-27)35(4,33(31)20-22-34(29,32)3)26(2)37-25-28-14-10-7-11-15-28/h5-15,26,30-33H,16-25H2,1-4H3/t26-,30?,31?,32?,33?,34+,35-/m0/s1. The summed E-state index contributed by atoms with van der Waals surface area (Å²) in [6.07, 6.45) is 11.9. The van der Waals surface area contributed by atoms with Gasteiger partial charge in [0.15, 0.2) is 0 Å². The molecule has 2 aromatic carbocycles. The lowest BCUT2D eigenvalue weighted by Gasteiger charge is -2.60. The monoisotopic (exact) mass is 500 g/mol. The van der Waals surface area contributed by atoms with Crippen molar-refractivity contribution in [3.63, 3.8) is 0 Å². The van der Waals surface area contributed by atoms with Crippen molar-refractivity contribution in [2.24, 2.45) is 34.5 Å². The zero-order chi connectivity index (χ0) is 25.9. The molecular weight excluding hydrogens is 452 g/mol. The molecule has 0 aliphatic heterocycles. The van der Waals surface area contributed by atoms with Gasteiger partial charge in [0.05, 0.1) is 19.3 Å². The van der Waals surface area contributed by atoms with Crippen molar-refractivity contribution in [1.29, 1.82) is 0 Å². The summed E-state index contributed by atoms with van der Waals surface area (Å²) in [4.78, 5) is 0. The predicted molar refractivity (Wildman–Crippen MR) is 153 cm³/mol. The minimum atomic E-state index is 0.174. The van der Waals surface area contributed by atoms with Crippen molar-refractivity contribution in [3.05, 3.63) is 83.4 Å². The fourth-order valence-corrected chi connectivity index (χ4v) is 8.85. The molecule has 0 radical (unpaired) electrons. The summed E-state index contributed by atoms with van der Waals surface area (Å²) in [7, 11) is 0. The van der Waals surface area contributed by atoms with Crippen LogP contribution in [-0.2, 0) is 22.7 Å². The number of hydrogen-bond donors (Lipinski definition) is 0. The molecule has 0 amide bonds. The van der Waals surface area contributed by atoms with Crippen LogP contribution in [0.15, 0.2) is 72.3 Å². The summed E-state index contributed by atoms with van der Waals surface area (Å²) >= 11 is 0. The molecule has 3 fully saturated rings. The Labute approximate surface area is 225 Å². The van der Waals surface area contributed by atoms with Crippen molar-refractivity contribution < 1.29 is 9.47 Å². The largest absolute Gasteiger partial charge is 0.377 e. The van der Waals surface area contributed by atoms with E-state index in [0.717, 1.165) is 30.8 Å². The molecule has 0 heterocycles. The molecule has 200 valence electrons. The third kappa shape index (κ3) is 5.21. The summed E-state index contributed by atoms with van der Waals surface area (Å²) < 4.78 is 13.0. The van der Waals surface area contributed by atoms with Gasteiger partial charge in [-0.2, -0.15) is 0 Å². The second-order valence-electron chi connectivity index (χ2n) is 12.6. The summed E-state index contributed by atoms with van der Waals surface area (Å²) in [6, 6.07) is 21.3. The van der Waals surface area contributed by atoms with E-state index in [-0.39, 0.29) is 11.5 Å². The Morgan fingerprint density at radius 2 is 1.54 bits per heavy atom. The second-order valence-corrected chi connectivity index (χ2v) is 12.6. The van der Waals surface area contributed by atoms with E-state index in [4.69, 9.17) is 9.47 Å². The minimum Gasteiger partial charge on any atom is -0.377 e. The maximum absolute atomic E-state index is 6.75. The maximum atomic E-state index is 6.75. The molecule has 3 saturated carbocycles. The minimum absolute atomic E-state index is 0.174. The van der Waals surface area contributed by atoms with Crippen LogP contribution in [0.3, 0.4) is 0 Å². The lowest BCUT2D eigenvalue weighted by Crippen LogP contribution is -2.55. The fraction of sp³-hybridized carbons (Fsp3) is 0.600. The predicted octanol–water partition coefficient (Wildman–Crippen LogP) is 9.00. The Hall–Kier alpha value is -1.90. The van der Waals surface area contributed by atoms with Gasteiger partial charge >= 0.3 is 0 Å². The van der Waals surface area contributed by atoms with E-state index >= 15 is 0 Å². The molecule has 2 nitrogen and oxygen atoms in total. The molecule has 0 N–H and O–H groups in total. The van der Waals surface area contributed by atoms with Crippen LogP contribution in [0.2, 0.25) is 0 Å². The number of rotatable bonds is 9. The van der Waals surface area contributed by atoms with Crippen LogP contribution in [0.4, 0.5) is 0 Å². The molecular formula is C35H48O2. The number of allylic oxidation sites excluding steroid dienone is 2. The van der Waals surface area contributed by atoms with Crippen LogP contribution in [0, 0.1) is 34.5 Å². The van der Waals surface area contributed by atoms with Gasteiger partial charge in [-0.05, 0) is 104 Å². The van der Waals surface area contributed by atoms with Gasteiger partial charge in [0.1, 0.15) is 0 Å². The highest BCUT2D eigenvalue weighted by Gasteiger charge is 2.59. The van der Waals surface area contributed by atoms with E-state index in [1.54, 1.807) is 5.57 Å². The molecule has 3 aliphatic rings. The first-order valence-electron chi connectivity index (χ1n) is 14.9. The summed E-state index contributed by atoms with van der Waals surface area (Å²) in [6.45, 7) is 12.1. The topological polar surface area (TPSA) is 18.5 Å². The number of hydrogen-bond acceptors (Lipinski definition) is 2. The highest BCUT2D eigenvalue weighted by Crippen LogP contribution is 2.66. The van der Waals surface area contributed by atoms with Crippen molar-refractivity contribution in [2.45, 2.75) is 92.0 Å². The van der Waals surface area contributed by atoms with Gasteiger partial charge in [0.2, 0.25) is 0 Å². The Balaban J connectivity index is 1.33. The molecule has 7 atom stereocenters. The lowest BCUT2D eigenvalue weighted by atomic mass is 9.46. The van der Waals surface area contributed by atoms with Crippen LogP contribution in [0.5, 0.6) is 0 Å². The van der Waals surface area contributed by atoms with Crippen LogP contribution in [-0.4, -0.2) is 12.7 Å². The Kier molecular flexibility index (Phi) is 8.27. The molecule has 5 rings (SSSR count). The molecule has 0 spiro atoms. The van der Waals surface area contributed by atoms with Gasteiger partial charge in [0, 0.05) is 6.61 Å². The van der Waals surface area contributed by atoms with Crippen LogP contribution in [0.25, 0.3) is 0 Å². The highest BCUT2D eigenvalue weighted by molar-refractivity contribution is 5.24. The maximum Gasteiger partial charge on any atom is 0.0720 e. The summed E-state index contributed by atoms with van der Waals surface area (Å²) in [5.74, 6) is 3.04. The van der Waals surface area contributed by atoms with Crippen molar-refractivity contribution in [3.8, 4) is 0 Å². The van der Waals surface area contributed by atoms with Gasteiger partial charge in [0.25, 0.3) is 0 Å². The molecule has 0 bridgehead atoms. The zero-order valence-corrected chi connectivity index (χ0v) is 23.6. The Morgan fingerprint density at radius 3 is 2.22 bits per heavy atom. The van der Waals surface area contributed by atoms with Gasteiger partial charge in [-0.3, -0.25) is 0 Å². The van der Waals surface area contributed by atoms with Gasteiger partial charge in [-0.1, -0.05) is 86.2 Å². The van der Waals surface area contributed by atoms with Crippen LogP contribution >= 0.6 is 0 Å². The van der Waals surface area contributed by atoms with Crippen LogP contribution < -0.4 is 0 Å². The van der Waals surface area contributed by atoms with E-state index in [9.17, 15) is 0 Å². The zero-order valence-electron chi connectivity index (χ0n) is 23.6. The normalized spacial score (nSPS) is 35.2. The van der Waals surface area contributed by atoms with E-state index in [2.05, 4.69) is 94.4 Å². The fourth-order valence-electron chi connectivity index (χ4n) is 8.85. The Morgan fingerprint density at radius 1 is 0.865 bits per heavy atom. The molecule has 0 saturated heterocycles. The van der Waals surface area contributed by atoms with Crippen LogP contribution in [0.1, 0.15) is 83.8 Å². The first-order chi connectivity index (χ1) is 18.0. The number of fused-ring (bicyclic) bond motifs is 3. The molecule has 2 aromatic rings. The van der Waals surface area contributed by atoms with E-state index in [1.165, 1.54) is 49.7 Å². The van der Waals surface area contributed by atoms with Gasteiger partial charge < -0.3 is 9.47 Å². The molecule has 2 heteroatoms. The molecule has 3 aliphatic carbocycles. The third-order valence-corrected chi connectivity index (χ3v) is 11.1. The number of ether oxygens (including phenoxy) is 2. The second kappa shape index (κ2) is 11.5. The smallest absolute Gasteiger partial charge is 0.0720 e. The van der Waals surface area contributed by atoms with Crippen molar-refractivity contribution >= 4 is 0 Å². The number of benzene rings is 2. The highest BCUT2D eigenvalue weighted by atomic mass is 16.5. The SMILES string of the molecule is CC=C1CCC2C3CCC(CCOCc4ccccc4)[C@](C)([C@H](C)OCc4ccccc4)C3CC[C@]12C. The average Bonchev–Trinajstić information content (AvgIpc) is 3.28. The molecule has 0 aromatic heterocycles. The van der Waals surface area contributed by atoms with E-state index in [0.29, 0.717) is 24.5 Å². The van der Waals surface area contributed by atoms with E-state index < -0.39 is 0 Å². The molecule has 4 unspecified atom stereocenters.